The second-order valence-electron chi connectivity index (χ2n) is 8.69. The molecule has 0 saturated carbocycles. The number of carbonyl (C=O) groups is 3. The Hall–Kier alpha value is -3.35. The van der Waals surface area contributed by atoms with Gasteiger partial charge in [0.1, 0.15) is 18.2 Å². The van der Waals surface area contributed by atoms with Crippen LogP contribution in [0.4, 0.5) is 4.79 Å². The largest absolute Gasteiger partial charge is 0.480 e. The summed E-state index contributed by atoms with van der Waals surface area (Å²) in [6, 6.07) is 15.1. The third-order valence-electron chi connectivity index (χ3n) is 6.15. The molecule has 0 aliphatic heterocycles. The molecular formula is C26H32N2O5. The predicted molar refractivity (Wildman–Crippen MR) is 126 cm³/mol. The van der Waals surface area contributed by atoms with Crippen molar-refractivity contribution in [2.75, 3.05) is 6.61 Å². The second kappa shape index (κ2) is 10.5. The maximum Gasteiger partial charge on any atom is 0.408 e. The number of carboxylic acids is 1. The van der Waals surface area contributed by atoms with Crippen LogP contribution in [-0.2, 0) is 14.3 Å². The number of ether oxygens (including phenoxy) is 1. The van der Waals surface area contributed by atoms with Crippen molar-refractivity contribution in [1.82, 2.24) is 10.6 Å². The van der Waals surface area contributed by atoms with Crippen LogP contribution < -0.4 is 10.6 Å². The molecule has 0 spiro atoms. The van der Waals surface area contributed by atoms with Crippen LogP contribution in [0.1, 0.15) is 63.5 Å². The van der Waals surface area contributed by atoms with Gasteiger partial charge in [-0.3, -0.25) is 4.79 Å². The van der Waals surface area contributed by atoms with E-state index in [0.717, 1.165) is 22.3 Å². The van der Waals surface area contributed by atoms with E-state index in [0.29, 0.717) is 25.7 Å². The van der Waals surface area contributed by atoms with Gasteiger partial charge in [0.15, 0.2) is 0 Å². The number of aliphatic carboxylic acids is 1. The van der Waals surface area contributed by atoms with Crippen molar-refractivity contribution in [1.29, 1.82) is 0 Å². The molecule has 0 fully saturated rings. The molecule has 0 aromatic heterocycles. The number of nitrogens with one attached hydrogen (secondary N) is 2. The lowest BCUT2D eigenvalue weighted by Crippen LogP contribution is -2.59. The second-order valence-corrected chi connectivity index (χ2v) is 8.69. The zero-order chi connectivity index (χ0) is 24.0. The highest BCUT2D eigenvalue weighted by Crippen LogP contribution is 2.44. The standard InChI is InChI=1S/C26H32N2O5/c1-4-10-22(23(29)30)27-24(31)26(3,15-5-2)28-25(32)33-16-21-19-13-8-6-11-17(19)18-12-7-9-14-20(18)21/h6-9,11-14,21-22H,4-5,10,15-16H2,1-3H3,(H,27,31)(H,28,32)(H,29,30)/t22-,26?/m0/s1. The molecule has 2 aromatic carbocycles. The van der Waals surface area contributed by atoms with Crippen LogP contribution in [0, 0.1) is 0 Å². The van der Waals surface area contributed by atoms with Gasteiger partial charge in [0.05, 0.1) is 0 Å². The Morgan fingerprint density at radius 2 is 1.58 bits per heavy atom. The summed E-state index contributed by atoms with van der Waals surface area (Å²) >= 11 is 0. The van der Waals surface area contributed by atoms with Crippen LogP contribution in [0.25, 0.3) is 11.1 Å². The molecule has 1 aliphatic rings. The molecule has 1 aliphatic carbocycles. The van der Waals surface area contributed by atoms with Crippen LogP contribution in [0.3, 0.4) is 0 Å². The van der Waals surface area contributed by atoms with E-state index in [1.807, 2.05) is 50.2 Å². The molecule has 0 heterocycles. The van der Waals surface area contributed by atoms with Gasteiger partial charge in [-0.1, -0.05) is 75.2 Å². The number of carbonyl (C=O) groups excluding carboxylic acids is 2. The van der Waals surface area contributed by atoms with Gasteiger partial charge in [0.2, 0.25) is 5.91 Å². The fraction of sp³-hybridized carbons (Fsp3) is 0.423. The zero-order valence-corrected chi connectivity index (χ0v) is 19.4. The Kier molecular flexibility index (Phi) is 7.74. The average Bonchev–Trinajstić information content (AvgIpc) is 3.11. The number of rotatable bonds is 10. The van der Waals surface area contributed by atoms with Crippen molar-refractivity contribution in [2.45, 2.75) is 64.0 Å². The lowest BCUT2D eigenvalue weighted by atomic mass is 9.94. The topological polar surface area (TPSA) is 105 Å². The van der Waals surface area contributed by atoms with Gasteiger partial charge in [-0.25, -0.2) is 9.59 Å². The molecule has 2 aromatic rings. The number of benzene rings is 2. The molecule has 3 N–H and O–H groups in total. The minimum atomic E-state index is -1.28. The maximum atomic E-state index is 12.9. The molecule has 0 radical (unpaired) electrons. The van der Waals surface area contributed by atoms with Gasteiger partial charge >= 0.3 is 12.1 Å². The van der Waals surface area contributed by atoms with Crippen LogP contribution in [0.15, 0.2) is 48.5 Å². The van der Waals surface area contributed by atoms with Crippen molar-refractivity contribution in [3.8, 4) is 11.1 Å². The van der Waals surface area contributed by atoms with Crippen molar-refractivity contribution in [2.24, 2.45) is 0 Å². The summed E-state index contributed by atoms with van der Waals surface area (Å²) in [5.41, 5.74) is 3.19. The molecule has 176 valence electrons. The van der Waals surface area contributed by atoms with Crippen molar-refractivity contribution in [3.05, 3.63) is 59.7 Å². The van der Waals surface area contributed by atoms with Crippen LogP contribution >= 0.6 is 0 Å². The molecular weight excluding hydrogens is 420 g/mol. The lowest BCUT2D eigenvalue weighted by molar-refractivity contribution is -0.143. The molecule has 1 unspecified atom stereocenters. The van der Waals surface area contributed by atoms with Gasteiger partial charge in [0, 0.05) is 5.92 Å². The first-order chi connectivity index (χ1) is 15.8. The fourth-order valence-corrected chi connectivity index (χ4v) is 4.46. The molecule has 0 bridgehead atoms. The van der Waals surface area contributed by atoms with Gasteiger partial charge in [-0.05, 0) is 42.0 Å². The van der Waals surface area contributed by atoms with Gasteiger partial charge < -0.3 is 20.5 Å². The average molecular weight is 453 g/mol. The van der Waals surface area contributed by atoms with Crippen LogP contribution in [0.2, 0.25) is 0 Å². The summed E-state index contributed by atoms with van der Waals surface area (Å²) in [6.07, 6.45) is 1.20. The minimum absolute atomic E-state index is 0.0876. The number of carboxylic acid groups (broad SMARTS) is 1. The zero-order valence-electron chi connectivity index (χ0n) is 19.4. The van der Waals surface area contributed by atoms with E-state index in [-0.39, 0.29) is 12.5 Å². The third-order valence-corrected chi connectivity index (χ3v) is 6.15. The Morgan fingerprint density at radius 3 is 2.09 bits per heavy atom. The summed E-state index contributed by atoms with van der Waals surface area (Å²) < 4.78 is 5.59. The lowest BCUT2D eigenvalue weighted by Gasteiger charge is -2.30. The minimum Gasteiger partial charge on any atom is -0.480 e. The quantitative estimate of drug-likeness (QED) is 0.494. The van der Waals surface area contributed by atoms with E-state index >= 15 is 0 Å². The van der Waals surface area contributed by atoms with E-state index < -0.39 is 29.6 Å². The number of amides is 2. The Balaban J connectivity index is 1.69. The highest BCUT2D eigenvalue weighted by Gasteiger charge is 2.37. The number of hydrogen-bond acceptors (Lipinski definition) is 4. The summed E-state index contributed by atoms with van der Waals surface area (Å²) in [5, 5.41) is 14.6. The number of alkyl carbamates (subject to hydrolysis) is 1. The highest BCUT2D eigenvalue weighted by molar-refractivity contribution is 5.92. The first kappa shape index (κ1) is 24.3. The summed E-state index contributed by atoms with van der Waals surface area (Å²) in [5.74, 6) is -1.71. The third kappa shape index (κ3) is 5.35. The Morgan fingerprint density at radius 1 is 1.00 bits per heavy atom. The number of hydrogen-bond donors (Lipinski definition) is 3. The molecule has 2 atom stereocenters. The number of fused-ring (bicyclic) bond motifs is 3. The predicted octanol–water partition coefficient (Wildman–Crippen LogP) is 4.45. The van der Waals surface area contributed by atoms with E-state index in [4.69, 9.17) is 4.74 Å². The van der Waals surface area contributed by atoms with E-state index in [2.05, 4.69) is 22.8 Å². The molecule has 3 rings (SSSR count). The van der Waals surface area contributed by atoms with Crippen LogP contribution in [-0.4, -0.2) is 41.3 Å². The monoisotopic (exact) mass is 452 g/mol. The van der Waals surface area contributed by atoms with E-state index in [1.165, 1.54) is 0 Å². The Bertz CT molecular complexity index is 976. The SMILES string of the molecule is CCC[C@H](NC(=O)C(C)(CCC)NC(=O)OCC1c2ccccc2-c2ccccc21)C(=O)O. The summed E-state index contributed by atoms with van der Waals surface area (Å²) in [6.45, 7) is 5.48. The van der Waals surface area contributed by atoms with Crippen molar-refractivity contribution >= 4 is 18.0 Å². The Labute approximate surface area is 194 Å². The highest BCUT2D eigenvalue weighted by atomic mass is 16.5. The van der Waals surface area contributed by atoms with Crippen LogP contribution in [0.5, 0.6) is 0 Å². The van der Waals surface area contributed by atoms with Gasteiger partial charge in [-0.2, -0.15) is 0 Å². The normalized spacial score (nSPS) is 15.0. The van der Waals surface area contributed by atoms with E-state index in [1.54, 1.807) is 6.92 Å². The van der Waals surface area contributed by atoms with Crippen molar-refractivity contribution in [3.63, 3.8) is 0 Å². The first-order valence-corrected chi connectivity index (χ1v) is 11.5. The molecule has 7 heteroatoms. The van der Waals surface area contributed by atoms with Gasteiger partial charge in [0.25, 0.3) is 0 Å². The van der Waals surface area contributed by atoms with Gasteiger partial charge in [-0.15, -0.1) is 0 Å². The van der Waals surface area contributed by atoms with E-state index in [9.17, 15) is 19.5 Å². The maximum absolute atomic E-state index is 12.9. The van der Waals surface area contributed by atoms with Crippen molar-refractivity contribution < 1.29 is 24.2 Å². The molecule has 33 heavy (non-hydrogen) atoms. The molecule has 7 nitrogen and oxygen atoms in total. The molecule has 0 saturated heterocycles. The summed E-state index contributed by atoms with van der Waals surface area (Å²) in [4.78, 5) is 37.1. The molecule has 2 amide bonds. The smallest absolute Gasteiger partial charge is 0.408 e. The summed E-state index contributed by atoms with van der Waals surface area (Å²) in [7, 11) is 0. The first-order valence-electron chi connectivity index (χ1n) is 11.5. The fourth-order valence-electron chi connectivity index (χ4n) is 4.46.